The summed E-state index contributed by atoms with van der Waals surface area (Å²) in [6.45, 7) is 1.21. The molecule has 1 saturated heterocycles. The first-order chi connectivity index (χ1) is 10.1. The van der Waals surface area contributed by atoms with E-state index in [1.165, 1.54) is 23.1 Å². The number of amides is 1. The highest BCUT2D eigenvalue weighted by atomic mass is 19.1. The van der Waals surface area contributed by atoms with Crippen molar-refractivity contribution in [2.24, 2.45) is 0 Å². The first-order valence-corrected chi connectivity index (χ1v) is 6.94. The number of carbonyl (C=O) groups is 2. The van der Waals surface area contributed by atoms with Crippen LogP contribution in [0.15, 0.2) is 24.3 Å². The second-order valence-corrected chi connectivity index (χ2v) is 5.00. The zero-order chi connectivity index (χ0) is 15.2. The molecule has 1 aromatic rings. The molecule has 1 heterocycles. The maximum absolute atomic E-state index is 13.3. The van der Waals surface area contributed by atoms with Gasteiger partial charge in [0, 0.05) is 31.4 Å². The molecule has 1 fully saturated rings. The predicted octanol–water partition coefficient (Wildman–Crippen LogP) is 1.92. The number of hydrogen-bond donors (Lipinski definition) is 1. The topological polar surface area (TPSA) is 66.8 Å². The van der Waals surface area contributed by atoms with Gasteiger partial charge in [-0.25, -0.2) is 4.39 Å². The molecule has 0 unspecified atom stereocenters. The molecule has 1 amide bonds. The van der Waals surface area contributed by atoms with E-state index in [0.29, 0.717) is 26.1 Å². The van der Waals surface area contributed by atoms with Crippen LogP contribution in [0.5, 0.6) is 0 Å². The lowest BCUT2D eigenvalue weighted by atomic mass is 10.0. The highest BCUT2D eigenvalue weighted by Gasteiger charge is 2.27. The second-order valence-electron chi connectivity index (χ2n) is 5.00. The molecule has 5 nitrogen and oxygen atoms in total. The molecule has 0 radical (unpaired) electrons. The van der Waals surface area contributed by atoms with Gasteiger partial charge in [-0.3, -0.25) is 9.59 Å². The number of ether oxygens (including phenoxy) is 1. The normalized spacial score (nSPS) is 15.7. The number of rotatable bonds is 5. The Labute approximate surface area is 122 Å². The van der Waals surface area contributed by atoms with Crippen molar-refractivity contribution in [3.63, 3.8) is 0 Å². The van der Waals surface area contributed by atoms with Crippen LogP contribution < -0.4 is 0 Å². The number of carbonyl (C=O) groups excluding carboxylic acids is 1. The van der Waals surface area contributed by atoms with Crippen LogP contribution in [-0.2, 0) is 9.53 Å². The van der Waals surface area contributed by atoms with E-state index in [0.717, 1.165) is 0 Å². The van der Waals surface area contributed by atoms with E-state index < -0.39 is 11.8 Å². The molecule has 6 heteroatoms. The third kappa shape index (κ3) is 4.26. The molecule has 1 aliphatic rings. The quantitative estimate of drug-likeness (QED) is 0.901. The summed E-state index contributed by atoms with van der Waals surface area (Å²) in [6, 6.07) is 5.40. The SMILES string of the molecule is O=C(O)CCN(C(=O)c1cccc(F)c1)C1CCOCC1. The first-order valence-electron chi connectivity index (χ1n) is 6.94. The zero-order valence-electron chi connectivity index (χ0n) is 11.6. The first kappa shape index (κ1) is 15.4. The van der Waals surface area contributed by atoms with E-state index in [4.69, 9.17) is 9.84 Å². The number of carboxylic acid groups (broad SMARTS) is 1. The Balaban J connectivity index is 2.16. The van der Waals surface area contributed by atoms with E-state index in [1.807, 2.05) is 0 Å². The van der Waals surface area contributed by atoms with Gasteiger partial charge in [-0.05, 0) is 31.0 Å². The largest absolute Gasteiger partial charge is 0.481 e. The average molecular weight is 295 g/mol. The minimum absolute atomic E-state index is 0.0612. The summed E-state index contributed by atoms with van der Waals surface area (Å²) < 4.78 is 18.5. The number of benzene rings is 1. The fraction of sp³-hybridized carbons (Fsp3) is 0.467. The molecule has 0 atom stereocenters. The Bertz CT molecular complexity index is 514. The van der Waals surface area contributed by atoms with Crippen LogP contribution in [0.3, 0.4) is 0 Å². The summed E-state index contributed by atoms with van der Waals surface area (Å²) in [5.41, 5.74) is 0.242. The lowest BCUT2D eigenvalue weighted by Crippen LogP contribution is -2.44. The van der Waals surface area contributed by atoms with Crippen LogP contribution in [0.25, 0.3) is 0 Å². The summed E-state index contributed by atoms with van der Waals surface area (Å²) in [7, 11) is 0. The van der Waals surface area contributed by atoms with Crippen LogP contribution in [-0.4, -0.2) is 47.7 Å². The van der Waals surface area contributed by atoms with E-state index in [-0.39, 0.29) is 30.5 Å². The van der Waals surface area contributed by atoms with Crippen molar-refractivity contribution in [3.05, 3.63) is 35.6 Å². The second kappa shape index (κ2) is 7.17. The van der Waals surface area contributed by atoms with Gasteiger partial charge in [0.2, 0.25) is 0 Å². The van der Waals surface area contributed by atoms with Gasteiger partial charge in [0.25, 0.3) is 5.91 Å². The molecule has 0 bridgehead atoms. The lowest BCUT2D eigenvalue weighted by Gasteiger charge is -2.34. The van der Waals surface area contributed by atoms with Crippen LogP contribution in [0.2, 0.25) is 0 Å². The van der Waals surface area contributed by atoms with Crippen molar-refractivity contribution in [1.82, 2.24) is 4.90 Å². The van der Waals surface area contributed by atoms with Gasteiger partial charge >= 0.3 is 5.97 Å². The number of hydrogen-bond acceptors (Lipinski definition) is 3. The summed E-state index contributed by atoms with van der Waals surface area (Å²) >= 11 is 0. The lowest BCUT2D eigenvalue weighted by molar-refractivity contribution is -0.137. The standard InChI is InChI=1S/C15H18FNO4/c16-12-3-1-2-11(10-12)15(20)17(7-4-14(18)19)13-5-8-21-9-6-13/h1-3,10,13H,4-9H2,(H,18,19). The van der Waals surface area contributed by atoms with Crippen molar-refractivity contribution in [2.75, 3.05) is 19.8 Å². The maximum atomic E-state index is 13.3. The van der Waals surface area contributed by atoms with Crippen molar-refractivity contribution >= 4 is 11.9 Å². The Morgan fingerprint density at radius 3 is 2.67 bits per heavy atom. The number of nitrogens with zero attached hydrogens (tertiary/aromatic N) is 1. The molecule has 0 aliphatic carbocycles. The highest BCUT2D eigenvalue weighted by molar-refractivity contribution is 5.94. The zero-order valence-corrected chi connectivity index (χ0v) is 11.6. The molecule has 1 aromatic carbocycles. The smallest absolute Gasteiger partial charge is 0.305 e. The average Bonchev–Trinajstić information content (AvgIpc) is 2.48. The van der Waals surface area contributed by atoms with Gasteiger partial charge in [-0.2, -0.15) is 0 Å². The molecule has 21 heavy (non-hydrogen) atoms. The Morgan fingerprint density at radius 2 is 2.05 bits per heavy atom. The van der Waals surface area contributed by atoms with E-state index >= 15 is 0 Å². The monoisotopic (exact) mass is 295 g/mol. The fourth-order valence-corrected chi connectivity index (χ4v) is 2.45. The molecular weight excluding hydrogens is 277 g/mol. The number of aliphatic carboxylic acids is 1. The van der Waals surface area contributed by atoms with Gasteiger partial charge in [0.15, 0.2) is 0 Å². The van der Waals surface area contributed by atoms with Gasteiger partial charge in [0.1, 0.15) is 5.82 Å². The van der Waals surface area contributed by atoms with Crippen molar-refractivity contribution in [1.29, 1.82) is 0 Å². The summed E-state index contributed by atoms with van der Waals surface area (Å²) in [5.74, 6) is -1.77. The van der Waals surface area contributed by atoms with Crippen LogP contribution in [0.1, 0.15) is 29.6 Å². The third-order valence-electron chi connectivity index (χ3n) is 3.53. The van der Waals surface area contributed by atoms with Gasteiger partial charge in [0.05, 0.1) is 6.42 Å². The minimum atomic E-state index is -0.959. The van der Waals surface area contributed by atoms with Crippen molar-refractivity contribution in [3.8, 4) is 0 Å². The molecule has 0 spiro atoms. The highest BCUT2D eigenvalue weighted by Crippen LogP contribution is 2.18. The van der Waals surface area contributed by atoms with Crippen molar-refractivity contribution < 1.29 is 23.8 Å². The number of carboxylic acids is 1. The van der Waals surface area contributed by atoms with Gasteiger partial charge < -0.3 is 14.7 Å². The van der Waals surface area contributed by atoms with Gasteiger partial charge in [-0.1, -0.05) is 6.07 Å². The van der Waals surface area contributed by atoms with E-state index in [1.54, 1.807) is 6.07 Å². The molecular formula is C15H18FNO4. The Kier molecular flexibility index (Phi) is 5.27. The van der Waals surface area contributed by atoms with Gasteiger partial charge in [-0.15, -0.1) is 0 Å². The Morgan fingerprint density at radius 1 is 1.33 bits per heavy atom. The fourth-order valence-electron chi connectivity index (χ4n) is 2.45. The molecule has 2 rings (SSSR count). The van der Waals surface area contributed by atoms with Crippen LogP contribution in [0, 0.1) is 5.82 Å². The third-order valence-corrected chi connectivity index (χ3v) is 3.53. The summed E-state index contributed by atoms with van der Waals surface area (Å²) in [6.07, 6.45) is 1.21. The number of halogens is 1. The molecule has 114 valence electrons. The summed E-state index contributed by atoms with van der Waals surface area (Å²) in [5, 5.41) is 8.83. The van der Waals surface area contributed by atoms with Crippen molar-refractivity contribution in [2.45, 2.75) is 25.3 Å². The van der Waals surface area contributed by atoms with Crippen LogP contribution >= 0.6 is 0 Å². The van der Waals surface area contributed by atoms with Crippen LogP contribution in [0.4, 0.5) is 4.39 Å². The Hall–Kier alpha value is -1.95. The minimum Gasteiger partial charge on any atom is -0.481 e. The molecule has 0 saturated carbocycles. The molecule has 1 aliphatic heterocycles. The van der Waals surface area contributed by atoms with E-state index in [2.05, 4.69) is 0 Å². The predicted molar refractivity (Wildman–Crippen MR) is 73.5 cm³/mol. The summed E-state index contributed by atoms with van der Waals surface area (Å²) in [4.78, 5) is 24.8. The molecule has 1 N–H and O–H groups in total. The maximum Gasteiger partial charge on any atom is 0.305 e. The van der Waals surface area contributed by atoms with E-state index in [9.17, 15) is 14.0 Å². The molecule has 0 aromatic heterocycles.